The van der Waals surface area contributed by atoms with Crippen molar-refractivity contribution in [3.8, 4) is 0 Å². The maximum absolute atomic E-state index is 12.3. The molecule has 1 spiro atoms. The van der Waals surface area contributed by atoms with Crippen LogP contribution in [0, 0.1) is 0 Å². The van der Waals surface area contributed by atoms with E-state index in [1.165, 1.54) is 0 Å². The van der Waals surface area contributed by atoms with Crippen LogP contribution in [0.1, 0.15) is 40.0 Å². The zero-order chi connectivity index (χ0) is 15.5. The fourth-order valence-corrected chi connectivity index (χ4v) is 3.04. The number of carbonyl (C=O) groups excluding carboxylic acids is 2. The van der Waals surface area contributed by atoms with E-state index >= 15 is 0 Å². The summed E-state index contributed by atoms with van der Waals surface area (Å²) in [5.74, 6) is -0.321. The zero-order valence-electron chi connectivity index (χ0n) is 13.3. The van der Waals surface area contributed by atoms with Gasteiger partial charge in [-0.3, -0.25) is 9.59 Å². The maximum atomic E-state index is 12.3. The van der Waals surface area contributed by atoms with Gasteiger partial charge in [0.2, 0.25) is 11.8 Å². The molecule has 0 aromatic rings. The standard InChI is InChI=1S/C15H26N2O4/c1-12(2)17(13(3)18)7-4-14(19)16-8-5-15(6-9-16)20-10-11-21-15/h12H,4-11H2,1-3H3. The molecule has 2 aliphatic heterocycles. The molecule has 2 saturated heterocycles. The third-order valence-corrected chi connectivity index (χ3v) is 4.29. The number of hydrogen-bond acceptors (Lipinski definition) is 4. The largest absolute Gasteiger partial charge is 0.347 e. The highest BCUT2D eigenvalue weighted by molar-refractivity contribution is 5.78. The molecule has 0 N–H and O–H groups in total. The minimum Gasteiger partial charge on any atom is -0.347 e. The predicted octanol–water partition coefficient (Wildman–Crippen LogP) is 0.999. The van der Waals surface area contributed by atoms with E-state index in [2.05, 4.69) is 0 Å². The second-order valence-corrected chi connectivity index (χ2v) is 6.04. The molecule has 120 valence electrons. The lowest BCUT2D eigenvalue weighted by Gasteiger charge is -2.38. The van der Waals surface area contributed by atoms with Crippen molar-refractivity contribution < 1.29 is 19.1 Å². The van der Waals surface area contributed by atoms with Crippen LogP contribution in [0.3, 0.4) is 0 Å². The molecule has 21 heavy (non-hydrogen) atoms. The van der Waals surface area contributed by atoms with Crippen molar-refractivity contribution in [1.29, 1.82) is 0 Å². The molecular weight excluding hydrogens is 272 g/mol. The van der Waals surface area contributed by atoms with E-state index < -0.39 is 5.79 Å². The quantitative estimate of drug-likeness (QED) is 0.777. The molecular formula is C15H26N2O4. The maximum Gasteiger partial charge on any atom is 0.224 e. The third kappa shape index (κ3) is 3.95. The van der Waals surface area contributed by atoms with Gasteiger partial charge in [-0.1, -0.05) is 0 Å². The van der Waals surface area contributed by atoms with E-state index in [1.807, 2.05) is 18.7 Å². The Kier molecular flexibility index (Phi) is 5.22. The molecule has 2 heterocycles. The van der Waals surface area contributed by atoms with Crippen molar-refractivity contribution in [3.05, 3.63) is 0 Å². The molecule has 2 amide bonds. The number of ether oxygens (including phenoxy) is 2. The smallest absolute Gasteiger partial charge is 0.224 e. The van der Waals surface area contributed by atoms with Crippen LogP contribution >= 0.6 is 0 Å². The predicted molar refractivity (Wildman–Crippen MR) is 77.6 cm³/mol. The van der Waals surface area contributed by atoms with Crippen LogP contribution in [-0.4, -0.2) is 66.3 Å². The van der Waals surface area contributed by atoms with Crippen molar-refractivity contribution in [1.82, 2.24) is 9.80 Å². The first-order chi connectivity index (χ1) is 9.93. The molecule has 0 aliphatic carbocycles. The highest BCUT2D eigenvalue weighted by Gasteiger charge is 2.40. The molecule has 6 nitrogen and oxygen atoms in total. The number of likely N-dealkylation sites (tertiary alicyclic amines) is 1. The first-order valence-corrected chi connectivity index (χ1v) is 7.76. The van der Waals surface area contributed by atoms with Crippen molar-refractivity contribution in [2.24, 2.45) is 0 Å². The average molecular weight is 298 g/mol. The molecule has 0 aromatic heterocycles. The molecule has 0 unspecified atom stereocenters. The summed E-state index contributed by atoms with van der Waals surface area (Å²) in [5.41, 5.74) is 0. The second kappa shape index (κ2) is 6.75. The van der Waals surface area contributed by atoms with Crippen LogP contribution in [0.25, 0.3) is 0 Å². The molecule has 0 aromatic carbocycles. The Hall–Kier alpha value is -1.14. The van der Waals surface area contributed by atoms with Crippen molar-refractivity contribution in [2.75, 3.05) is 32.8 Å². The fraction of sp³-hybridized carbons (Fsp3) is 0.867. The van der Waals surface area contributed by atoms with E-state index in [-0.39, 0.29) is 17.9 Å². The van der Waals surface area contributed by atoms with Crippen LogP contribution in [0.15, 0.2) is 0 Å². The molecule has 6 heteroatoms. The van der Waals surface area contributed by atoms with Gasteiger partial charge in [-0.25, -0.2) is 0 Å². The average Bonchev–Trinajstić information content (AvgIpc) is 2.87. The Morgan fingerprint density at radius 3 is 2.24 bits per heavy atom. The summed E-state index contributed by atoms with van der Waals surface area (Å²) in [6.45, 7) is 8.59. The lowest BCUT2D eigenvalue weighted by Crippen LogP contribution is -2.48. The summed E-state index contributed by atoms with van der Waals surface area (Å²) in [5, 5.41) is 0. The Bertz CT molecular complexity index is 381. The summed E-state index contributed by atoms with van der Waals surface area (Å²) in [4.78, 5) is 27.4. The van der Waals surface area contributed by atoms with E-state index in [0.29, 0.717) is 39.3 Å². The minimum atomic E-state index is -0.444. The number of nitrogens with zero attached hydrogens (tertiary/aromatic N) is 2. The van der Waals surface area contributed by atoms with E-state index in [4.69, 9.17) is 9.47 Å². The number of piperidine rings is 1. The molecule has 0 saturated carbocycles. The zero-order valence-corrected chi connectivity index (χ0v) is 13.3. The SMILES string of the molecule is CC(=O)N(CCC(=O)N1CCC2(CC1)OCCO2)C(C)C. The van der Waals surface area contributed by atoms with E-state index in [9.17, 15) is 9.59 Å². The highest BCUT2D eigenvalue weighted by atomic mass is 16.7. The normalized spacial score (nSPS) is 21.0. The van der Waals surface area contributed by atoms with Gasteiger partial charge in [0, 0.05) is 51.9 Å². The summed E-state index contributed by atoms with van der Waals surface area (Å²) in [6, 6.07) is 0.125. The number of hydrogen-bond donors (Lipinski definition) is 0. The third-order valence-electron chi connectivity index (χ3n) is 4.29. The highest BCUT2D eigenvalue weighted by Crippen LogP contribution is 2.31. The Labute approximate surface area is 126 Å². The Morgan fingerprint density at radius 2 is 1.76 bits per heavy atom. The molecule has 2 rings (SSSR count). The molecule has 0 bridgehead atoms. The van der Waals surface area contributed by atoms with E-state index in [0.717, 1.165) is 12.8 Å². The van der Waals surface area contributed by atoms with E-state index in [1.54, 1.807) is 11.8 Å². The van der Waals surface area contributed by atoms with Gasteiger partial charge in [0.1, 0.15) is 0 Å². The van der Waals surface area contributed by atoms with Gasteiger partial charge >= 0.3 is 0 Å². The molecule has 0 radical (unpaired) electrons. The van der Waals surface area contributed by atoms with Crippen molar-refractivity contribution >= 4 is 11.8 Å². The Balaban J connectivity index is 1.78. The summed E-state index contributed by atoms with van der Waals surface area (Å²) < 4.78 is 11.3. The van der Waals surface area contributed by atoms with Crippen LogP contribution in [0.5, 0.6) is 0 Å². The van der Waals surface area contributed by atoms with Gasteiger partial charge in [0.05, 0.1) is 13.2 Å². The van der Waals surface area contributed by atoms with Gasteiger partial charge < -0.3 is 19.3 Å². The number of amides is 2. The van der Waals surface area contributed by atoms with Gasteiger partial charge in [-0.15, -0.1) is 0 Å². The van der Waals surface area contributed by atoms with Crippen molar-refractivity contribution in [3.63, 3.8) is 0 Å². The minimum absolute atomic E-state index is 0.0168. The first kappa shape index (κ1) is 16.2. The van der Waals surface area contributed by atoms with Gasteiger partial charge in [-0.05, 0) is 13.8 Å². The monoisotopic (exact) mass is 298 g/mol. The summed E-state index contributed by atoms with van der Waals surface area (Å²) in [7, 11) is 0. The number of rotatable bonds is 4. The second-order valence-electron chi connectivity index (χ2n) is 6.04. The molecule has 2 fully saturated rings. The molecule has 2 aliphatic rings. The summed E-state index contributed by atoms with van der Waals surface area (Å²) >= 11 is 0. The van der Waals surface area contributed by atoms with Gasteiger partial charge in [0.25, 0.3) is 0 Å². The van der Waals surface area contributed by atoms with Crippen LogP contribution in [-0.2, 0) is 19.1 Å². The van der Waals surface area contributed by atoms with Crippen LogP contribution < -0.4 is 0 Å². The molecule has 0 atom stereocenters. The van der Waals surface area contributed by atoms with Crippen LogP contribution in [0.4, 0.5) is 0 Å². The Morgan fingerprint density at radius 1 is 1.19 bits per heavy atom. The van der Waals surface area contributed by atoms with Gasteiger partial charge in [0.15, 0.2) is 5.79 Å². The summed E-state index contributed by atoms with van der Waals surface area (Å²) in [6.07, 6.45) is 1.85. The fourth-order valence-electron chi connectivity index (χ4n) is 3.04. The topological polar surface area (TPSA) is 59.1 Å². The lowest BCUT2D eigenvalue weighted by atomic mass is 10.0. The van der Waals surface area contributed by atoms with Crippen LogP contribution in [0.2, 0.25) is 0 Å². The number of carbonyl (C=O) groups is 2. The van der Waals surface area contributed by atoms with Gasteiger partial charge in [-0.2, -0.15) is 0 Å². The first-order valence-electron chi connectivity index (χ1n) is 7.76. The van der Waals surface area contributed by atoms with Crippen molar-refractivity contribution in [2.45, 2.75) is 51.9 Å². The lowest BCUT2D eigenvalue weighted by molar-refractivity contribution is -0.187.